The van der Waals surface area contributed by atoms with Crippen LogP contribution in [0.2, 0.25) is 0 Å². The zero-order chi connectivity index (χ0) is 13.6. The smallest absolute Gasteiger partial charge is 0.337 e. The van der Waals surface area contributed by atoms with Crippen LogP contribution in [0, 0.1) is 0 Å². The molecule has 0 spiro atoms. The van der Waals surface area contributed by atoms with E-state index in [0.717, 1.165) is 6.42 Å². The van der Waals surface area contributed by atoms with Crippen molar-refractivity contribution in [2.75, 3.05) is 7.11 Å². The molecule has 0 unspecified atom stereocenters. The van der Waals surface area contributed by atoms with Gasteiger partial charge in [-0.1, -0.05) is 33.8 Å². The summed E-state index contributed by atoms with van der Waals surface area (Å²) < 4.78 is 4.81. The second-order valence-electron chi connectivity index (χ2n) is 6.52. The van der Waals surface area contributed by atoms with Gasteiger partial charge >= 0.3 is 5.97 Å². The summed E-state index contributed by atoms with van der Waals surface area (Å²) in [6.45, 7) is 9.06. The van der Waals surface area contributed by atoms with Crippen molar-refractivity contribution >= 4 is 5.97 Å². The first-order valence-corrected chi connectivity index (χ1v) is 6.51. The maximum atomic E-state index is 11.6. The van der Waals surface area contributed by atoms with Crippen LogP contribution in [0.5, 0.6) is 0 Å². The Labute approximate surface area is 109 Å². The van der Waals surface area contributed by atoms with E-state index in [-0.39, 0.29) is 16.8 Å². The Hall–Kier alpha value is -1.31. The van der Waals surface area contributed by atoms with E-state index in [9.17, 15) is 4.79 Å². The molecule has 1 aromatic rings. The molecule has 0 radical (unpaired) electrons. The summed E-state index contributed by atoms with van der Waals surface area (Å²) in [5, 5.41) is 0. The Morgan fingerprint density at radius 2 is 1.61 bits per heavy atom. The molecule has 18 heavy (non-hydrogen) atoms. The van der Waals surface area contributed by atoms with Crippen molar-refractivity contribution in [3.8, 4) is 0 Å². The third-order valence-corrected chi connectivity index (χ3v) is 4.27. The van der Waals surface area contributed by atoms with E-state index in [1.807, 2.05) is 12.1 Å². The number of fused-ring (bicyclic) bond motifs is 1. The first kappa shape index (κ1) is 13.1. The van der Waals surface area contributed by atoms with Crippen molar-refractivity contribution < 1.29 is 9.53 Å². The SMILES string of the molecule is COC(=O)c1ccc2c(c1)C(C)(C)CCC2(C)C. The number of rotatable bonds is 1. The average molecular weight is 246 g/mol. The van der Waals surface area contributed by atoms with Gasteiger partial charge in [-0.05, 0) is 46.9 Å². The largest absolute Gasteiger partial charge is 0.465 e. The molecule has 0 aromatic heterocycles. The molecule has 2 rings (SSSR count). The van der Waals surface area contributed by atoms with Gasteiger partial charge in [-0.2, -0.15) is 0 Å². The molecule has 0 aliphatic heterocycles. The second-order valence-corrected chi connectivity index (χ2v) is 6.52. The molecule has 2 nitrogen and oxygen atoms in total. The van der Waals surface area contributed by atoms with Crippen LogP contribution in [0.15, 0.2) is 18.2 Å². The predicted octanol–water partition coefficient (Wildman–Crippen LogP) is 3.82. The highest BCUT2D eigenvalue weighted by atomic mass is 16.5. The molecule has 0 saturated carbocycles. The Bertz CT molecular complexity index is 484. The molecule has 0 fully saturated rings. The van der Waals surface area contributed by atoms with Crippen molar-refractivity contribution in [3.05, 3.63) is 34.9 Å². The highest BCUT2D eigenvalue weighted by Gasteiger charge is 2.37. The van der Waals surface area contributed by atoms with Crippen molar-refractivity contribution in [1.29, 1.82) is 0 Å². The van der Waals surface area contributed by atoms with Gasteiger partial charge in [0.1, 0.15) is 0 Å². The number of esters is 1. The van der Waals surface area contributed by atoms with E-state index in [0.29, 0.717) is 5.56 Å². The number of benzene rings is 1. The van der Waals surface area contributed by atoms with Crippen LogP contribution >= 0.6 is 0 Å². The predicted molar refractivity (Wildman–Crippen MR) is 73.1 cm³/mol. The zero-order valence-corrected chi connectivity index (χ0v) is 12.0. The standard InChI is InChI=1S/C16H22O2/c1-15(2)8-9-16(3,4)13-10-11(14(17)18-5)6-7-12(13)15/h6-7,10H,8-9H2,1-5H3. The van der Waals surface area contributed by atoms with Gasteiger partial charge in [-0.3, -0.25) is 0 Å². The highest BCUT2D eigenvalue weighted by Crippen LogP contribution is 2.45. The molecular weight excluding hydrogens is 224 g/mol. The lowest BCUT2D eigenvalue weighted by Crippen LogP contribution is -2.34. The quantitative estimate of drug-likeness (QED) is 0.704. The normalized spacial score (nSPS) is 20.1. The lowest BCUT2D eigenvalue weighted by molar-refractivity contribution is 0.0600. The Balaban J connectivity index is 2.58. The Morgan fingerprint density at radius 1 is 1.06 bits per heavy atom. The van der Waals surface area contributed by atoms with E-state index in [2.05, 4.69) is 33.8 Å². The second kappa shape index (κ2) is 4.11. The fourth-order valence-corrected chi connectivity index (χ4v) is 2.83. The van der Waals surface area contributed by atoms with Gasteiger partial charge in [0.2, 0.25) is 0 Å². The minimum atomic E-state index is -0.253. The zero-order valence-electron chi connectivity index (χ0n) is 12.0. The summed E-state index contributed by atoms with van der Waals surface area (Å²) in [6.07, 6.45) is 2.34. The summed E-state index contributed by atoms with van der Waals surface area (Å²) >= 11 is 0. The van der Waals surface area contributed by atoms with Crippen molar-refractivity contribution in [1.82, 2.24) is 0 Å². The monoisotopic (exact) mass is 246 g/mol. The van der Waals surface area contributed by atoms with Crippen LogP contribution in [-0.4, -0.2) is 13.1 Å². The van der Waals surface area contributed by atoms with Gasteiger partial charge in [0.25, 0.3) is 0 Å². The Morgan fingerprint density at radius 3 is 2.17 bits per heavy atom. The van der Waals surface area contributed by atoms with Crippen LogP contribution in [0.25, 0.3) is 0 Å². The summed E-state index contributed by atoms with van der Waals surface area (Å²) in [6, 6.07) is 6.00. The number of methoxy groups -OCH3 is 1. The lowest BCUT2D eigenvalue weighted by atomic mass is 9.63. The number of hydrogen-bond acceptors (Lipinski definition) is 2. The molecule has 0 saturated heterocycles. The molecule has 0 heterocycles. The number of hydrogen-bond donors (Lipinski definition) is 0. The molecule has 1 aliphatic rings. The van der Waals surface area contributed by atoms with Crippen LogP contribution in [0.1, 0.15) is 62.0 Å². The van der Waals surface area contributed by atoms with Crippen LogP contribution in [-0.2, 0) is 15.6 Å². The van der Waals surface area contributed by atoms with Crippen molar-refractivity contribution in [2.45, 2.75) is 51.4 Å². The maximum absolute atomic E-state index is 11.6. The van der Waals surface area contributed by atoms with Gasteiger partial charge in [-0.15, -0.1) is 0 Å². The molecule has 1 aliphatic carbocycles. The van der Waals surface area contributed by atoms with Crippen molar-refractivity contribution in [3.63, 3.8) is 0 Å². The van der Waals surface area contributed by atoms with E-state index in [1.54, 1.807) is 0 Å². The van der Waals surface area contributed by atoms with E-state index in [1.165, 1.54) is 24.7 Å². The first-order valence-electron chi connectivity index (χ1n) is 6.51. The van der Waals surface area contributed by atoms with Gasteiger partial charge in [-0.25, -0.2) is 4.79 Å². The fourth-order valence-electron chi connectivity index (χ4n) is 2.83. The molecule has 98 valence electrons. The highest BCUT2D eigenvalue weighted by molar-refractivity contribution is 5.89. The summed E-state index contributed by atoms with van der Waals surface area (Å²) in [4.78, 5) is 11.6. The Kier molecular flexibility index (Phi) is 3.00. The van der Waals surface area contributed by atoms with Gasteiger partial charge in [0.15, 0.2) is 0 Å². The van der Waals surface area contributed by atoms with Gasteiger partial charge in [0.05, 0.1) is 12.7 Å². The first-order chi connectivity index (χ1) is 8.28. The minimum absolute atomic E-state index is 0.134. The lowest BCUT2D eigenvalue weighted by Gasteiger charge is -2.41. The molecule has 1 aromatic carbocycles. The molecule has 0 N–H and O–H groups in total. The maximum Gasteiger partial charge on any atom is 0.337 e. The van der Waals surface area contributed by atoms with E-state index >= 15 is 0 Å². The molecule has 2 heteroatoms. The molecule has 0 atom stereocenters. The van der Waals surface area contributed by atoms with Gasteiger partial charge in [0, 0.05) is 0 Å². The van der Waals surface area contributed by atoms with Crippen LogP contribution in [0.4, 0.5) is 0 Å². The molecular formula is C16H22O2. The van der Waals surface area contributed by atoms with Gasteiger partial charge < -0.3 is 4.74 Å². The third kappa shape index (κ3) is 2.05. The average Bonchev–Trinajstić information content (AvgIpc) is 2.34. The minimum Gasteiger partial charge on any atom is -0.465 e. The van der Waals surface area contributed by atoms with Crippen molar-refractivity contribution in [2.24, 2.45) is 0 Å². The molecule has 0 amide bonds. The third-order valence-electron chi connectivity index (χ3n) is 4.27. The van der Waals surface area contributed by atoms with E-state index < -0.39 is 0 Å². The summed E-state index contributed by atoms with van der Waals surface area (Å²) in [5.74, 6) is -0.253. The number of carbonyl (C=O) groups is 1. The fraction of sp³-hybridized carbons (Fsp3) is 0.562. The summed E-state index contributed by atoms with van der Waals surface area (Å²) in [5.41, 5.74) is 3.64. The summed E-state index contributed by atoms with van der Waals surface area (Å²) in [7, 11) is 1.43. The van der Waals surface area contributed by atoms with Crippen LogP contribution in [0.3, 0.4) is 0 Å². The van der Waals surface area contributed by atoms with Crippen LogP contribution < -0.4 is 0 Å². The topological polar surface area (TPSA) is 26.3 Å². The molecule has 0 bridgehead atoms. The number of carbonyl (C=O) groups excluding carboxylic acids is 1. The van der Waals surface area contributed by atoms with E-state index in [4.69, 9.17) is 4.74 Å². The number of ether oxygens (including phenoxy) is 1.